The Morgan fingerprint density at radius 3 is 2.60 bits per heavy atom. The summed E-state index contributed by atoms with van der Waals surface area (Å²) in [6, 6.07) is 2.86. The van der Waals surface area contributed by atoms with E-state index >= 15 is 0 Å². The van der Waals surface area contributed by atoms with Crippen molar-refractivity contribution in [1.29, 1.82) is 0 Å². The molecule has 0 aromatic heterocycles. The van der Waals surface area contributed by atoms with Gasteiger partial charge in [0, 0.05) is 30.7 Å². The molecule has 0 bridgehead atoms. The highest BCUT2D eigenvalue weighted by Gasteiger charge is 2.15. The van der Waals surface area contributed by atoms with E-state index in [0.29, 0.717) is 23.1 Å². The van der Waals surface area contributed by atoms with Crippen LogP contribution in [0.15, 0.2) is 17.1 Å². The van der Waals surface area contributed by atoms with Gasteiger partial charge in [0.1, 0.15) is 5.75 Å². The number of ether oxygens (including phenoxy) is 1. The van der Waals surface area contributed by atoms with Crippen molar-refractivity contribution in [2.45, 2.75) is 20.1 Å². The molecule has 0 aliphatic rings. The van der Waals surface area contributed by atoms with Crippen molar-refractivity contribution in [2.24, 2.45) is 4.99 Å². The molecule has 1 rings (SSSR count). The topological polar surface area (TPSA) is 45.7 Å². The van der Waals surface area contributed by atoms with Gasteiger partial charge in [0.15, 0.2) is 5.96 Å². The van der Waals surface area contributed by atoms with Crippen LogP contribution in [-0.4, -0.2) is 26.2 Å². The fourth-order valence-electron chi connectivity index (χ4n) is 1.53. The molecular formula is C12H15Cl2F2N3O. The monoisotopic (exact) mass is 325 g/mol. The second-order valence-corrected chi connectivity index (χ2v) is 4.55. The Bertz CT molecular complexity index is 484. The van der Waals surface area contributed by atoms with Gasteiger partial charge in [0.05, 0.1) is 5.02 Å². The number of hydrogen-bond donors (Lipinski definition) is 2. The Balaban J connectivity index is 2.92. The molecule has 0 unspecified atom stereocenters. The predicted octanol–water partition coefficient (Wildman–Crippen LogP) is 3.28. The van der Waals surface area contributed by atoms with E-state index in [-0.39, 0.29) is 17.3 Å². The van der Waals surface area contributed by atoms with Gasteiger partial charge in [-0.05, 0) is 19.1 Å². The standard InChI is InChI=1S/C12H15Cl2F2N3O/c1-3-18-12(17-2)19-6-7-4-8(13)5-9(14)10(7)20-11(15)16/h4-5,11H,3,6H2,1-2H3,(H2,17,18,19). The summed E-state index contributed by atoms with van der Waals surface area (Å²) in [4.78, 5) is 3.97. The summed E-state index contributed by atoms with van der Waals surface area (Å²) >= 11 is 11.7. The largest absolute Gasteiger partial charge is 0.433 e. The molecule has 0 saturated heterocycles. The van der Waals surface area contributed by atoms with Crippen LogP contribution in [0, 0.1) is 0 Å². The van der Waals surface area contributed by atoms with Crippen LogP contribution in [-0.2, 0) is 6.54 Å². The Labute approximate surface area is 126 Å². The Hall–Kier alpha value is -1.27. The lowest BCUT2D eigenvalue weighted by molar-refractivity contribution is -0.0504. The quantitative estimate of drug-likeness (QED) is 0.645. The van der Waals surface area contributed by atoms with Gasteiger partial charge >= 0.3 is 6.61 Å². The summed E-state index contributed by atoms with van der Waals surface area (Å²) in [6.07, 6.45) is 0. The molecule has 0 heterocycles. The maximum Gasteiger partial charge on any atom is 0.387 e. The van der Waals surface area contributed by atoms with Crippen molar-refractivity contribution in [3.63, 3.8) is 0 Å². The van der Waals surface area contributed by atoms with E-state index in [0.717, 1.165) is 0 Å². The number of guanidine groups is 1. The maximum atomic E-state index is 12.4. The highest BCUT2D eigenvalue weighted by molar-refractivity contribution is 6.35. The molecular weight excluding hydrogens is 311 g/mol. The molecule has 1 aromatic rings. The number of halogens is 4. The molecule has 0 atom stereocenters. The number of alkyl halides is 2. The van der Waals surface area contributed by atoms with E-state index in [4.69, 9.17) is 23.2 Å². The average Bonchev–Trinajstić information content (AvgIpc) is 2.37. The van der Waals surface area contributed by atoms with Crippen LogP contribution in [0.25, 0.3) is 0 Å². The fourth-order valence-corrected chi connectivity index (χ4v) is 2.11. The normalized spacial score (nSPS) is 11.7. The number of benzene rings is 1. The predicted molar refractivity (Wildman–Crippen MR) is 77.0 cm³/mol. The summed E-state index contributed by atoms with van der Waals surface area (Å²) in [5.74, 6) is 0.442. The van der Waals surface area contributed by atoms with Gasteiger partial charge in [0.2, 0.25) is 0 Å². The minimum atomic E-state index is -2.96. The third-order valence-corrected chi connectivity index (χ3v) is 2.81. The van der Waals surface area contributed by atoms with E-state index < -0.39 is 6.61 Å². The van der Waals surface area contributed by atoms with Crippen molar-refractivity contribution in [3.05, 3.63) is 27.7 Å². The number of rotatable bonds is 5. The molecule has 0 fully saturated rings. The summed E-state index contributed by atoms with van der Waals surface area (Å²) < 4.78 is 29.2. The lowest BCUT2D eigenvalue weighted by Gasteiger charge is -2.15. The SMILES string of the molecule is CCNC(=NC)NCc1cc(Cl)cc(Cl)c1OC(F)F. The Kier molecular flexibility index (Phi) is 6.81. The first-order chi connectivity index (χ1) is 9.47. The zero-order valence-electron chi connectivity index (χ0n) is 11.0. The molecule has 8 heteroatoms. The minimum Gasteiger partial charge on any atom is -0.433 e. The van der Waals surface area contributed by atoms with E-state index in [2.05, 4.69) is 20.4 Å². The van der Waals surface area contributed by atoms with Crippen LogP contribution in [0.2, 0.25) is 10.0 Å². The van der Waals surface area contributed by atoms with Gasteiger partial charge in [-0.15, -0.1) is 0 Å². The number of nitrogens with zero attached hydrogens (tertiary/aromatic N) is 1. The molecule has 0 saturated carbocycles. The third kappa shape index (κ3) is 5.02. The van der Waals surface area contributed by atoms with Crippen LogP contribution < -0.4 is 15.4 Å². The van der Waals surface area contributed by atoms with Gasteiger partial charge in [-0.1, -0.05) is 23.2 Å². The van der Waals surface area contributed by atoms with Crippen LogP contribution in [0.4, 0.5) is 8.78 Å². The van der Waals surface area contributed by atoms with Crippen molar-refractivity contribution >= 4 is 29.2 Å². The lowest BCUT2D eigenvalue weighted by Crippen LogP contribution is -2.36. The van der Waals surface area contributed by atoms with Crippen molar-refractivity contribution in [2.75, 3.05) is 13.6 Å². The van der Waals surface area contributed by atoms with Gasteiger partial charge in [0.25, 0.3) is 0 Å². The second-order valence-electron chi connectivity index (χ2n) is 3.71. The molecule has 0 aliphatic heterocycles. The molecule has 4 nitrogen and oxygen atoms in total. The first-order valence-electron chi connectivity index (χ1n) is 5.85. The van der Waals surface area contributed by atoms with E-state index in [1.807, 2.05) is 6.92 Å². The highest BCUT2D eigenvalue weighted by Crippen LogP contribution is 2.33. The number of hydrogen-bond acceptors (Lipinski definition) is 2. The maximum absolute atomic E-state index is 12.4. The molecule has 0 spiro atoms. The number of aliphatic imine (C=N–C) groups is 1. The molecule has 20 heavy (non-hydrogen) atoms. The van der Waals surface area contributed by atoms with Crippen molar-refractivity contribution < 1.29 is 13.5 Å². The lowest BCUT2D eigenvalue weighted by atomic mass is 10.2. The van der Waals surface area contributed by atoms with E-state index in [9.17, 15) is 8.78 Å². The second kappa shape index (κ2) is 8.11. The summed E-state index contributed by atoms with van der Waals surface area (Å²) in [5.41, 5.74) is 0.418. The van der Waals surface area contributed by atoms with E-state index in [1.165, 1.54) is 12.1 Å². The van der Waals surface area contributed by atoms with Crippen LogP contribution in [0.1, 0.15) is 12.5 Å². The van der Waals surface area contributed by atoms with Crippen molar-refractivity contribution in [3.8, 4) is 5.75 Å². The van der Waals surface area contributed by atoms with Crippen LogP contribution in [0.3, 0.4) is 0 Å². The molecule has 112 valence electrons. The van der Waals surface area contributed by atoms with Gasteiger partial charge in [-0.2, -0.15) is 8.78 Å². The van der Waals surface area contributed by atoms with Gasteiger partial charge in [-0.3, -0.25) is 4.99 Å². The smallest absolute Gasteiger partial charge is 0.387 e. The van der Waals surface area contributed by atoms with Crippen molar-refractivity contribution in [1.82, 2.24) is 10.6 Å². The third-order valence-electron chi connectivity index (χ3n) is 2.31. The van der Waals surface area contributed by atoms with Gasteiger partial charge in [-0.25, -0.2) is 0 Å². The minimum absolute atomic E-state index is 0.0352. The van der Waals surface area contributed by atoms with Crippen LogP contribution >= 0.6 is 23.2 Å². The molecule has 2 N–H and O–H groups in total. The van der Waals surface area contributed by atoms with E-state index in [1.54, 1.807) is 7.05 Å². The molecule has 1 aromatic carbocycles. The summed E-state index contributed by atoms with van der Waals surface area (Å²) in [6.45, 7) is -0.173. The Morgan fingerprint density at radius 2 is 2.05 bits per heavy atom. The zero-order chi connectivity index (χ0) is 15.1. The van der Waals surface area contributed by atoms with Gasteiger partial charge < -0.3 is 15.4 Å². The molecule has 0 amide bonds. The first kappa shape index (κ1) is 16.8. The van der Waals surface area contributed by atoms with Crippen LogP contribution in [0.5, 0.6) is 5.75 Å². The summed E-state index contributed by atoms with van der Waals surface area (Å²) in [7, 11) is 1.60. The molecule has 0 radical (unpaired) electrons. The Morgan fingerprint density at radius 1 is 1.35 bits per heavy atom. The molecule has 0 aliphatic carbocycles. The number of nitrogens with one attached hydrogen (secondary N) is 2. The summed E-state index contributed by atoms with van der Waals surface area (Å²) in [5, 5.41) is 6.30. The highest BCUT2D eigenvalue weighted by atomic mass is 35.5. The fraction of sp³-hybridized carbons (Fsp3) is 0.417. The first-order valence-corrected chi connectivity index (χ1v) is 6.60. The zero-order valence-corrected chi connectivity index (χ0v) is 12.5. The average molecular weight is 326 g/mol.